The van der Waals surface area contributed by atoms with E-state index < -0.39 is 17.2 Å². The van der Waals surface area contributed by atoms with Crippen molar-refractivity contribution in [1.29, 1.82) is 0 Å². The van der Waals surface area contributed by atoms with E-state index in [1.54, 1.807) is 12.4 Å². The Bertz CT molecular complexity index is 1800. The quantitative estimate of drug-likeness (QED) is 0.266. The fourth-order valence-corrected chi connectivity index (χ4v) is 4.07. The van der Waals surface area contributed by atoms with Gasteiger partial charge >= 0.3 is 11.7 Å². The molecule has 0 aliphatic heterocycles. The van der Waals surface area contributed by atoms with Crippen molar-refractivity contribution >= 4 is 28.7 Å². The molecule has 0 aliphatic carbocycles. The fourth-order valence-electron chi connectivity index (χ4n) is 4.07. The highest BCUT2D eigenvalue weighted by atomic mass is 16.5. The summed E-state index contributed by atoms with van der Waals surface area (Å²) < 4.78 is 10.3. The monoisotopic (exact) mass is 543 g/mol. The number of carbonyl (C=O) groups excluding carboxylic acids is 2. The summed E-state index contributed by atoms with van der Waals surface area (Å²) in [4.78, 5) is 57.8. The van der Waals surface area contributed by atoms with Gasteiger partial charge in [-0.1, -0.05) is 23.4 Å². The summed E-state index contributed by atoms with van der Waals surface area (Å²) in [6.07, 6.45) is 4.78. The van der Waals surface area contributed by atoms with Gasteiger partial charge in [0.25, 0.3) is 5.56 Å². The second kappa shape index (κ2) is 11.1. The van der Waals surface area contributed by atoms with Crippen molar-refractivity contribution in [1.82, 2.24) is 38.7 Å². The van der Waals surface area contributed by atoms with Gasteiger partial charge in [0.15, 0.2) is 11.2 Å². The van der Waals surface area contributed by atoms with Crippen LogP contribution in [0.15, 0.2) is 70.8 Å². The van der Waals surface area contributed by atoms with E-state index in [1.165, 1.54) is 34.2 Å². The van der Waals surface area contributed by atoms with Crippen LogP contribution in [-0.4, -0.2) is 50.5 Å². The average Bonchev–Trinajstić information content (AvgIpc) is 3.61. The first kappa shape index (κ1) is 26.2. The van der Waals surface area contributed by atoms with E-state index in [0.29, 0.717) is 11.4 Å². The predicted molar refractivity (Wildman–Crippen MR) is 143 cm³/mol. The maximum atomic E-state index is 12.5. The first-order valence-electron chi connectivity index (χ1n) is 12.3. The zero-order valence-electron chi connectivity index (χ0n) is 21.7. The molecule has 0 saturated heterocycles. The van der Waals surface area contributed by atoms with Crippen molar-refractivity contribution in [3.8, 4) is 11.3 Å². The van der Waals surface area contributed by atoms with Gasteiger partial charge in [0.1, 0.15) is 18.8 Å². The summed E-state index contributed by atoms with van der Waals surface area (Å²) in [5.41, 5.74) is 2.09. The Morgan fingerprint density at radius 2 is 1.80 bits per heavy atom. The van der Waals surface area contributed by atoms with Crippen LogP contribution in [0.25, 0.3) is 22.4 Å². The molecule has 0 aliphatic rings. The number of hydrogen-bond donors (Lipinski definition) is 1. The summed E-state index contributed by atoms with van der Waals surface area (Å²) in [6, 6.07) is 13.1. The Kier molecular flexibility index (Phi) is 7.31. The largest absolute Gasteiger partial charge is 0.458 e. The summed E-state index contributed by atoms with van der Waals surface area (Å²) in [5.74, 6) is -0.816. The maximum Gasteiger partial charge on any atom is 0.332 e. The van der Waals surface area contributed by atoms with Crippen molar-refractivity contribution in [2.75, 3.05) is 5.32 Å². The molecule has 0 saturated carbocycles. The standard InChI is InChI=1S/C26H25N9O5/c1-32-24-23(25(38)33(2)26(32)39)34(16-28-24)14-22(37)40-15-19-13-35(31-30-19)12-10-21(36)29-18-8-6-17(7-9-18)20-5-3-4-11-27-20/h3-9,11,13,16H,10,12,14-15H2,1-2H3,(H,29,36). The lowest BCUT2D eigenvalue weighted by Crippen LogP contribution is -2.37. The fraction of sp³-hybridized carbons (Fsp3) is 0.231. The van der Waals surface area contributed by atoms with Crippen LogP contribution in [0.1, 0.15) is 12.1 Å². The van der Waals surface area contributed by atoms with Crippen LogP contribution in [-0.2, 0) is 48.1 Å². The number of aryl methyl sites for hydroxylation is 2. The molecule has 14 heteroatoms. The Labute approximate surface area is 226 Å². The highest BCUT2D eigenvalue weighted by Crippen LogP contribution is 2.19. The number of ether oxygens (including phenoxy) is 1. The summed E-state index contributed by atoms with van der Waals surface area (Å²) >= 11 is 0. The summed E-state index contributed by atoms with van der Waals surface area (Å²) in [6.45, 7) is -0.139. The molecule has 5 aromatic rings. The summed E-state index contributed by atoms with van der Waals surface area (Å²) in [5, 5.41) is 10.8. The van der Waals surface area contributed by atoms with Gasteiger partial charge in [-0.3, -0.25) is 33.2 Å². The smallest absolute Gasteiger partial charge is 0.332 e. The SMILES string of the molecule is Cn1c(=O)c2c(ncn2CC(=O)OCc2cn(CCC(=O)Nc3ccc(-c4ccccn4)cc3)nn2)n(C)c1=O. The van der Waals surface area contributed by atoms with Crippen molar-refractivity contribution in [2.24, 2.45) is 14.1 Å². The van der Waals surface area contributed by atoms with E-state index >= 15 is 0 Å². The normalized spacial score (nSPS) is 11.1. The Hall–Kier alpha value is -5.40. The van der Waals surface area contributed by atoms with Crippen LogP contribution < -0.4 is 16.6 Å². The number of anilines is 1. The van der Waals surface area contributed by atoms with Gasteiger partial charge in [0.2, 0.25) is 5.91 Å². The molecule has 204 valence electrons. The van der Waals surface area contributed by atoms with Crippen molar-refractivity contribution in [3.63, 3.8) is 0 Å². The average molecular weight is 544 g/mol. The van der Waals surface area contributed by atoms with Crippen LogP contribution in [0.4, 0.5) is 5.69 Å². The zero-order valence-corrected chi connectivity index (χ0v) is 21.7. The lowest BCUT2D eigenvalue weighted by Gasteiger charge is -2.07. The molecule has 5 rings (SSSR count). The van der Waals surface area contributed by atoms with Gasteiger partial charge in [-0.2, -0.15) is 0 Å². The number of esters is 1. The molecule has 0 atom stereocenters. The molecule has 4 heterocycles. The number of amides is 1. The number of nitrogens with zero attached hydrogens (tertiary/aromatic N) is 8. The van der Waals surface area contributed by atoms with E-state index in [1.807, 2.05) is 42.5 Å². The number of aromatic nitrogens is 8. The predicted octanol–water partition coefficient (Wildman–Crippen LogP) is 0.859. The van der Waals surface area contributed by atoms with Crippen LogP contribution in [0, 0.1) is 0 Å². The highest BCUT2D eigenvalue weighted by molar-refractivity contribution is 5.90. The third-order valence-electron chi connectivity index (χ3n) is 6.18. The number of rotatable bonds is 9. The van der Waals surface area contributed by atoms with E-state index in [2.05, 4.69) is 25.6 Å². The van der Waals surface area contributed by atoms with Gasteiger partial charge in [-0.25, -0.2) is 9.78 Å². The molecule has 4 aromatic heterocycles. The minimum atomic E-state index is -0.627. The van der Waals surface area contributed by atoms with E-state index in [-0.39, 0.29) is 43.2 Å². The Morgan fingerprint density at radius 3 is 2.55 bits per heavy atom. The van der Waals surface area contributed by atoms with E-state index in [4.69, 9.17) is 4.74 Å². The molecule has 1 aromatic carbocycles. The summed E-state index contributed by atoms with van der Waals surface area (Å²) in [7, 11) is 2.85. The van der Waals surface area contributed by atoms with Gasteiger partial charge in [-0.15, -0.1) is 5.10 Å². The maximum absolute atomic E-state index is 12.5. The molecular weight excluding hydrogens is 518 g/mol. The molecule has 1 N–H and O–H groups in total. The van der Waals surface area contributed by atoms with E-state index in [9.17, 15) is 19.2 Å². The third kappa shape index (κ3) is 5.55. The van der Waals surface area contributed by atoms with Gasteiger partial charge < -0.3 is 14.6 Å². The Morgan fingerprint density at radius 1 is 1.00 bits per heavy atom. The first-order valence-corrected chi connectivity index (χ1v) is 12.3. The molecule has 0 unspecified atom stereocenters. The number of pyridine rings is 1. The number of imidazole rings is 1. The number of nitrogens with one attached hydrogen (secondary N) is 1. The molecule has 14 nitrogen and oxygen atoms in total. The van der Waals surface area contributed by atoms with Gasteiger partial charge in [0, 0.05) is 38.0 Å². The topological polar surface area (TPSA) is 161 Å². The highest BCUT2D eigenvalue weighted by Gasteiger charge is 2.17. The van der Waals surface area contributed by atoms with Crippen molar-refractivity contribution in [3.05, 3.63) is 87.7 Å². The van der Waals surface area contributed by atoms with Crippen molar-refractivity contribution < 1.29 is 14.3 Å². The van der Waals surface area contributed by atoms with E-state index in [0.717, 1.165) is 15.8 Å². The van der Waals surface area contributed by atoms with Gasteiger partial charge in [-0.05, 0) is 24.3 Å². The third-order valence-corrected chi connectivity index (χ3v) is 6.18. The minimum absolute atomic E-state index is 0.120. The second-order valence-electron chi connectivity index (χ2n) is 8.97. The van der Waals surface area contributed by atoms with Gasteiger partial charge in [0.05, 0.1) is 24.8 Å². The molecule has 0 radical (unpaired) electrons. The molecule has 0 fully saturated rings. The number of benzene rings is 1. The lowest BCUT2D eigenvalue weighted by atomic mass is 10.1. The lowest BCUT2D eigenvalue weighted by molar-refractivity contribution is -0.145. The zero-order chi connectivity index (χ0) is 28.2. The number of fused-ring (bicyclic) bond motifs is 1. The minimum Gasteiger partial charge on any atom is -0.458 e. The molecule has 1 amide bonds. The van der Waals surface area contributed by atoms with Crippen LogP contribution in [0.5, 0.6) is 0 Å². The molecule has 0 spiro atoms. The number of hydrogen-bond acceptors (Lipinski definition) is 9. The second-order valence-corrected chi connectivity index (χ2v) is 8.97. The molecular formula is C26H25N9O5. The van der Waals surface area contributed by atoms with Crippen molar-refractivity contribution in [2.45, 2.75) is 26.1 Å². The molecule has 40 heavy (non-hydrogen) atoms. The van der Waals surface area contributed by atoms with Crippen LogP contribution in [0.2, 0.25) is 0 Å². The number of carbonyl (C=O) groups is 2. The molecule has 0 bridgehead atoms. The van der Waals surface area contributed by atoms with Crippen LogP contribution >= 0.6 is 0 Å². The van der Waals surface area contributed by atoms with Crippen LogP contribution in [0.3, 0.4) is 0 Å². The Balaban J connectivity index is 1.10. The first-order chi connectivity index (χ1) is 19.3.